The summed E-state index contributed by atoms with van der Waals surface area (Å²) in [5.41, 5.74) is 0. The van der Waals surface area contributed by atoms with E-state index in [9.17, 15) is 13.2 Å². The minimum atomic E-state index is -4.72. The van der Waals surface area contributed by atoms with Gasteiger partial charge in [-0.25, -0.2) is 4.85 Å². The summed E-state index contributed by atoms with van der Waals surface area (Å²) in [6.45, 7) is 28.6. The molecule has 0 atom stereocenters. The van der Waals surface area contributed by atoms with Crippen LogP contribution in [0.4, 0.5) is 13.2 Å². The minimum Gasteiger partial charge on any atom is 0 e. The number of hydrogen-bond donors (Lipinski definition) is 0. The first kappa shape index (κ1) is 42.7. The average molecular weight is 382 g/mol. The standard InChI is InChI=1S/C4Cl2F3N.5CO.Cr/c1-10-3(6)2(5)4(7,8)9;5*1-2;/b3-2+;;;;;;. The first-order valence-electron chi connectivity index (χ1n) is 2.91. The van der Waals surface area contributed by atoms with Gasteiger partial charge in [0.15, 0.2) is 0 Å². The second kappa shape index (κ2) is 42.8. The van der Waals surface area contributed by atoms with E-state index in [-0.39, 0.29) is 17.4 Å². The molecule has 0 aromatic carbocycles. The summed E-state index contributed by atoms with van der Waals surface area (Å²) in [6.07, 6.45) is -4.72. The molecule has 21 heavy (non-hydrogen) atoms. The molecular weight excluding hydrogens is 382 g/mol. The summed E-state index contributed by atoms with van der Waals surface area (Å²) in [5.74, 6) is 0. The summed E-state index contributed by atoms with van der Waals surface area (Å²) >= 11 is 9.39. The molecule has 12 heteroatoms. The first-order chi connectivity index (χ1) is 9.39. The molecule has 0 spiro atoms. The van der Waals surface area contributed by atoms with Crippen molar-refractivity contribution in [2.45, 2.75) is 6.18 Å². The third kappa shape index (κ3) is 45.5. The third-order valence-electron chi connectivity index (χ3n) is 0.528. The van der Waals surface area contributed by atoms with Gasteiger partial charge >= 0.3 is 62.7 Å². The zero-order valence-electron chi connectivity index (χ0n) is 9.29. The summed E-state index contributed by atoms with van der Waals surface area (Å²) in [7, 11) is 0. The van der Waals surface area contributed by atoms with Gasteiger partial charge in [0.25, 0.3) is 5.16 Å². The van der Waals surface area contributed by atoms with Crippen LogP contribution in [0.15, 0.2) is 10.2 Å². The van der Waals surface area contributed by atoms with E-state index in [2.05, 4.69) is 49.7 Å². The molecule has 0 saturated heterocycles. The molecular formula is C9Cl2CrF3NO5. The van der Waals surface area contributed by atoms with Gasteiger partial charge in [-0.15, -0.1) is 11.6 Å². The molecule has 112 valence electrons. The van der Waals surface area contributed by atoms with E-state index in [1.165, 1.54) is 0 Å². The summed E-state index contributed by atoms with van der Waals surface area (Å²) in [6, 6.07) is 0. The molecule has 0 aromatic rings. The molecule has 0 aliphatic heterocycles. The topological polar surface area (TPSA) is 104 Å². The van der Waals surface area contributed by atoms with Crippen molar-refractivity contribution >= 4 is 23.2 Å². The number of alkyl halides is 3. The van der Waals surface area contributed by atoms with E-state index in [1.54, 1.807) is 0 Å². The second-order valence-corrected chi connectivity index (χ2v) is 1.95. The molecule has 0 bridgehead atoms. The van der Waals surface area contributed by atoms with Gasteiger partial charge in [0.1, 0.15) is 5.03 Å². The predicted octanol–water partition coefficient (Wildman–Crippen LogP) is 2.92. The Labute approximate surface area is 138 Å². The Kier molecular flexibility index (Phi) is 87.0. The van der Waals surface area contributed by atoms with Crippen molar-refractivity contribution in [3.63, 3.8) is 0 Å². The van der Waals surface area contributed by atoms with Crippen LogP contribution in [-0.2, 0) is 40.6 Å². The Bertz CT molecular complexity index is 359. The van der Waals surface area contributed by atoms with Gasteiger partial charge in [0, 0.05) is 17.4 Å². The molecule has 0 radical (unpaired) electrons. The van der Waals surface area contributed by atoms with Crippen LogP contribution in [0.2, 0.25) is 0 Å². The Balaban J connectivity index is -0.0000000303. The van der Waals surface area contributed by atoms with Crippen LogP contribution in [0, 0.1) is 39.8 Å². The molecule has 0 aliphatic carbocycles. The van der Waals surface area contributed by atoms with Gasteiger partial charge < -0.3 is 0 Å². The van der Waals surface area contributed by atoms with Crippen LogP contribution in [0.25, 0.3) is 4.85 Å². The van der Waals surface area contributed by atoms with Crippen molar-refractivity contribution in [3.8, 4) is 0 Å². The van der Waals surface area contributed by atoms with E-state index in [4.69, 9.17) is 41.4 Å². The maximum Gasteiger partial charge on any atom is 0 e. The zero-order chi connectivity index (χ0) is 18.4. The van der Waals surface area contributed by atoms with Crippen molar-refractivity contribution in [3.05, 3.63) is 54.9 Å². The van der Waals surface area contributed by atoms with Crippen LogP contribution in [0.5, 0.6) is 0 Å². The van der Waals surface area contributed by atoms with Crippen LogP contribution in [0.1, 0.15) is 0 Å². The molecule has 0 saturated carbocycles. The van der Waals surface area contributed by atoms with Crippen molar-refractivity contribution in [1.82, 2.24) is 0 Å². The number of hydrogen-bond acceptors (Lipinski definition) is 0. The molecule has 0 unspecified atom stereocenters. The Morgan fingerprint density at radius 2 is 0.952 bits per heavy atom. The van der Waals surface area contributed by atoms with Crippen LogP contribution >= 0.6 is 23.2 Å². The summed E-state index contributed by atoms with van der Waals surface area (Å²) in [4.78, 5) is 2.30. The minimum absolute atomic E-state index is 0. The Morgan fingerprint density at radius 3 is 1.00 bits per heavy atom. The second-order valence-electron chi connectivity index (χ2n) is 1.21. The van der Waals surface area contributed by atoms with Crippen LogP contribution in [-0.4, -0.2) is 6.18 Å². The largest absolute Gasteiger partial charge is 0 e. The Hall–Kier alpha value is -1.17. The van der Waals surface area contributed by atoms with Gasteiger partial charge in [0.05, 0.1) is 6.57 Å². The molecule has 0 amide bonds. The fraction of sp³-hybridized carbons (Fsp3) is 0.111. The van der Waals surface area contributed by atoms with Crippen molar-refractivity contribution in [2.24, 2.45) is 0 Å². The predicted molar refractivity (Wildman–Crippen MR) is 51.0 cm³/mol. The van der Waals surface area contributed by atoms with Crippen molar-refractivity contribution in [1.29, 1.82) is 0 Å². The number of allylic oxidation sites excluding steroid dienone is 1. The third-order valence-corrected chi connectivity index (χ3v) is 1.29. The quantitative estimate of drug-likeness (QED) is 0.349. The van der Waals surface area contributed by atoms with E-state index in [1.807, 2.05) is 0 Å². The average Bonchev–Trinajstić information content (AvgIpc) is 2.54. The van der Waals surface area contributed by atoms with Crippen LogP contribution < -0.4 is 0 Å². The van der Waals surface area contributed by atoms with Gasteiger partial charge in [-0.3, -0.25) is 0 Å². The van der Waals surface area contributed by atoms with Gasteiger partial charge in [-0.05, 0) is 0 Å². The monoisotopic (exact) mass is 381 g/mol. The molecule has 0 N–H and O–H groups in total. The fourth-order valence-corrected chi connectivity index (χ4v) is 0.315. The number of nitrogens with zero attached hydrogens (tertiary/aromatic N) is 1. The number of halogens is 5. The molecule has 0 aromatic heterocycles. The molecule has 0 aliphatic rings. The summed E-state index contributed by atoms with van der Waals surface area (Å²) < 4.78 is 71.9. The van der Waals surface area contributed by atoms with E-state index < -0.39 is 16.4 Å². The molecule has 6 nitrogen and oxygen atoms in total. The fourth-order valence-electron chi connectivity index (χ4n) is 0.166. The smallest absolute Gasteiger partial charge is 0 e. The normalized spacial score (nSPS) is 7.14. The Morgan fingerprint density at radius 1 is 0.762 bits per heavy atom. The SMILES string of the molecule is [C-]#[N+]/C(Cl)=C(/Cl)C(F)(F)F.[C-]#[O+].[C-]#[O+].[C-]#[O+].[C-]#[O+].[C-]#[O+].[Cr]. The van der Waals surface area contributed by atoms with Gasteiger partial charge in [0.2, 0.25) is 0 Å². The molecule has 0 fully saturated rings. The zero-order valence-corrected chi connectivity index (χ0v) is 12.1. The van der Waals surface area contributed by atoms with Crippen molar-refractivity contribution < 1.29 is 53.8 Å². The van der Waals surface area contributed by atoms with Gasteiger partial charge in [-0.1, -0.05) is 11.6 Å². The maximum atomic E-state index is 11.5. The molecule has 0 heterocycles. The van der Waals surface area contributed by atoms with E-state index >= 15 is 0 Å². The van der Waals surface area contributed by atoms with E-state index in [0.29, 0.717) is 0 Å². The summed E-state index contributed by atoms with van der Waals surface area (Å²) in [5, 5.41) is -2.64. The van der Waals surface area contributed by atoms with Gasteiger partial charge in [-0.2, -0.15) is 13.2 Å². The van der Waals surface area contributed by atoms with Crippen LogP contribution in [0.3, 0.4) is 0 Å². The molecule has 0 rings (SSSR count). The van der Waals surface area contributed by atoms with E-state index in [0.717, 1.165) is 0 Å². The number of rotatable bonds is 0. The first-order valence-corrected chi connectivity index (χ1v) is 3.67. The van der Waals surface area contributed by atoms with Crippen molar-refractivity contribution in [2.75, 3.05) is 0 Å². The maximum absolute atomic E-state index is 11.5.